The van der Waals surface area contributed by atoms with Crippen LogP contribution in [0.5, 0.6) is 0 Å². The first-order chi connectivity index (χ1) is 13.3. The summed E-state index contributed by atoms with van der Waals surface area (Å²) < 4.78 is 29.3. The van der Waals surface area contributed by atoms with Crippen LogP contribution in [0.3, 0.4) is 0 Å². The Kier molecular flexibility index (Phi) is 5.57. The molecular weight excluding hydrogens is 380 g/mol. The van der Waals surface area contributed by atoms with E-state index in [4.69, 9.17) is 10.5 Å². The number of fused-ring (bicyclic) bond motifs is 1. The van der Waals surface area contributed by atoms with Gasteiger partial charge in [-0.05, 0) is 35.9 Å². The van der Waals surface area contributed by atoms with Crippen LogP contribution in [0.1, 0.15) is 5.56 Å². The minimum absolute atomic E-state index is 0.128. The molecule has 0 fully saturated rings. The molecule has 0 bridgehead atoms. The van der Waals surface area contributed by atoms with Crippen molar-refractivity contribution >= 4 is 38.2 Å². The molecule has 0 saturated heterocycles. The Morgan fingerprint density at radius 3 is 2.68 bits per heavy atom. The number of carbonyl (C=O) groups excluding carboxylic acids is 1. The number of nitrogens with two attached hydrogens (primary N) is 1. The quantitative estimate of drug-likeness (QED) is 0.671. The van der Waals surface area contributed by atoms with E-state index in [2.05, 4.69) is 9.97 Å². The fraction of sp³-hybridized carbons (Fsp3) is 0.211. The van der Waals surface area contributed by atoms with Crippen LogP contribution < -0.4 is 10.6 Å². The highest BCUT2D eigenvalue weighted by molar-refractivity contribution is 7.90. The van der Waals surface area contributed by atoms with Gasteiger partial charge in [0.2, 0.25) is 0 Å². The van der Waals surface area contributed by atoms with Gasteiger partial charge in [-0.3, -0.25) is 4.79 Å². The summed E-state index contributed by atoms with van der Waals surface area (Å²) in [5.74, 6) is 0.00428. The number of rotatable bonds is 6. The zero-order valence-electron chi connectivity index (χ0n) is 15.5. The normalized spacial score (nSPS) is 11.5. The third-order valence-electron chi connectivity index (χ3n) is 4.08. The van der Waals surface area contributed by atoms with Gasteiger partial charge in [-0.1, -0.05) is 12.1 Å². The number of anilines is 2. The summed E-state index contributed by atoms with van der Waals surface area (Å²) in [5, 5.41) is 0.744. The molecule has 9 heteroatoms. The minimum Gasteiger partial charge on any atom is -0.384 e. The number of pyridine rings is 2. The Morgan fingerprint density at radius 2 is 1.96 bits per heavy atom. The van der Waals surface area contributed by atoms with Crippen LogP contribution in [0.2, 0.25) is 0 Å². The standard InChI is InChI=1S/C19H20N4O4S/c1-27-12-18(24)23(16-4-3-9-21-19(16)28(2,25)26)11-13-5-6-14-7-8-17(20)22-15(14)10-13/h3-10H,11-12H2,1-2H3,(H2,20,22). The molecule has 8 nitrogen and oxygen atoms in total. The SMILES string of the molecule is COCC(=O)N(Cc1ccc2ccc(N)nc2c1)c1cccnc1S(C)(=O)=O. The lowest BCUT2D eigenvalue weighted by atomic mass is 10.1. The van der Waals surface area contributed by atoms with Gasteiger partial charge in [0.15, 0.2) is 14.9 Å². The Hall–Kier alpha value is -3.04. The van der Waals surface area contributed by atoms with Crippen LogP contribution in [0.25, 0.3) is 10.9 Å². The first kappa shape index (κ1) is 19.7. The van der Waals surface area contributed by atoms with Crippen LogP contribution in [-0.2, 0) is 25.9 Å². The first-order valence-electron chi connectivity index (χ1n) is 8.39. The molecule has 2 heterocycles. The van der Waals surface area contributed by atoms with Crippen LogP contribution >= 0.6 is 0 Å². The van der Waals surface area contributed by atoms with Gasteiger partial charge >= 0.3 is 0 Å². The number of aromatic nitrogens is 2. The summed E-state index contributed by atoms with van der Waals surface area (Å²) >= 11 is 0. The summed E-state index contributed by atoms with van der Waals surface area (Å²) in [4.78, 5) is 22.3. The van der Waals surface area contributed by atoms with Gasteiger partial charge in [0.25, 0.3) is 5.91 Å². The van der Waals surface area contributed by atoms with E-state index in [1.54, 1.807) is 18.2 Å². The van der Waals surface area contributed by atoms with E-state index in [1.807, 2.05) is 24.3 Å². The highest BCUT2D eigenvalue weighted by atomic mass is 32.2. The topological polar surface area (TPSA) is 115 Å². The maximum absolute atomic E-state index is 12.7. The maximum atomic E-state index is 12.7. The molecule has 146 valence electrons. The molecule has 0 aliphatic heterocycles. The Bertz CT molecular complexity index is 1130. The van der Waals surface area contributed by atoms with Gasteiger partial charge in [-0.25, -0.2) is 18.4 Å². The molecule has 1 aromatic carbocycles. The molecule has 0 saturated carbocycles. The number of ether oxygens (including phenoxy) is 1. The van der Waals surface area contributed by atoms with E-state index in [0.717, 1.165) is 17.2 Å². The predicted molar refractivity (Wildman–Crippen MR) is 107 cm³/mol. The van der Waals surface area contributed by atoms with Gasteiger partial charge < -0.3 is 15.4 Å². The number of nitrogens with zero attached hydrogens (tertiary/aromatic N) is 3. The van der Waals surface area contributed by atoms with Crippen molar-refractivity contribution in [3.63, 3.8) is 0 Å². The minimum atomic E-state index is -3.63. The zero-order valence-corrected chi connectivity index (χ0v) is 16.3. The average molecular weight is 400 g/mol. The van der Waals surface area contributed by atoms with Gasteiger partial charge in [-0.15, -0.1) is 0 Å². The summed E-state index contributed by atoms with van der Waals surface area (Å²) in [5.41, 5.74) is 7.40. The molecule has 0 aliphatic rings. The molecule has 2 aromatic heterocycles. The highest BCUT2D eigenvalue weighted by Gasteiger charge is 2.24. The fourth-order valence-electron chi connectivity index (χ4n) is 2.84. The molecule has 0 spiro atoms. The monoisotopic (exact) mass is 400 g/mol. The zero-order chi connectivity index (χ0) is 20.3. The van der Waals surface area contributed by atoms with Crippen molar-refractivity contribution in [2.45, 2.75) is 11.6 Å². The molecule has 3 rings (SSSR count). The number of methoxy groups -OCH3 is 1. The molecule has 28 heavy (non-hydrogen) atoms. The smallest absolute Gasteiger partial charge is 0.253 e. The lowest BCUT2D eigenvalue weighted by Gasteiger charge is -2.24. The third kappa shape index (κ3) is 4.26. The second-order valence-corrected chi connectivity index (χ2v) is 8.21. The van der Waals surface area contributed by atoms with Crippen LogP contribution in [-0.4, -0.2) is 44.3 Å². The lowest BCUT2D eigenvalue weighted by Crippen LogP contribution is -2.34. The van der Waals surface area contributed by atoms with Gasteiger partial charge in [0, 0.05) is 24.9 Å². The number of benzene rings is 1. The lowest BCUT2D eigenvalue weighted by molar-refractivity contribution is -0.122. The first-order valence-corrected chi connectivity index (χ1v) is 10.3. The molecule has 0 unspecified atom stereocenters. The third-order valence-corrected chi connectivity index (χ3v) is 5.10. The summed E-state index contributed by atoms with van der Waals surface area (Å²) in [7, 11) is -2.23. The molecule has 3 aromatic rings. The van der Waals surface area contributed by atoms with Crippen LogP contribution in [0.4, 0.5) is 11.5 Å². The summed E-state index contributed by atoms with van der Waals surface area (Å²) in [6.07, 6.45) is 2.43. The van der Waals surface area contributed by atoms with E-state index in [0.29, 0.717) is 11.3 Å². The Balaban J connectivity index is 2.06. The van der Waals surface area contributed by atoms with E-state index in [9.17, 15) is 13.2 Å². The van der Waals surface area contributed by atoms with Crippen LogP contribution in [0.15, 0.2) is 53.7 Å². The Labute approximate surface area is 162 Å². The van der Waals surface area contributed by atoms with Crippen molar-refractivity contribution in [3.05, 3.63) is 54.2 Å². The Morgan fingerprint density at radius 1 is 1.21 bits per heavy atom. The number of hydrogen-bond acceptors (Lipinski definition) is 7. The van der Waals surface area contributed by atoms with Gasteiger partial charge in [0.1, 0.15) is 12.4 Å². The number of amides is 1. The second kappa shape index (κ2) is 7.91. The average Bonchev–Trinajstić information content (AvgIpc) is 2.65. The molecule has 2 N–H and O–H groups in total. The molecule has 0 atom stereocenters. The summed E-state index contributed by atoms with van der Waals surface area (Å²) in [6, 6.07) is 12.2. The van der Waals surface area contributed by atoms with Crippen molar-refractivity contribution in [2.24, 2.45) is 0 Å². The van der Waals surface area contributed by atoms with Gasteiger partial charge in [-0.2, -0.15) is 0 Å². The van der Waals surface area contributed by atoms with Crippen molar-refractivity contribution in [1.82, 2.24) is 9.97 Å². The van der Waals surface area contributed by atoms with E-state index in [1.165, 1.54) is 18.2 Å². The van der Waals surface area contributed by atoms with Gasteiger partial charge in [0.05, 0.1) is 17.7 Å². The fourth-order valence-corrected chi connectivity index (χ4v) is 3.65. The highest BCUT2D eigenvalue weighted by Crippen LogP contribution is 2.26. The number of sulfone groups is 1. The second-order valence-electron chi connectivity index (χ2n) is 6.28. The van der Waals surface area contributed by atoms with E-state index >= 15 is 0 Å². The molecule has 1 amide bonds. The number of nitrogen functional groups attached to an aromatic ring is 1. The number of hydrogen-bond donors (Lipinski definition) is 1. The molecule has 0 aliphatic carbocycles. The molecular formula is C19H20N4O4S. The van der Waals surface area contributed by atoms with E-state index < -0.39 is 9.84 Å². The van der Waals surface area contributed by atoms with Crippen molar-refractivity contribution in [1.29, 1.82) is 0 Å². The van der Waals surface area contributed by atoms with Crippen molar-refractivity contribution < 1.29 is 17.9 Å². The number of carbonyl (C=O) groups is 1. The maximum Gasteiger partial charge on any atom is 0.253 e. The largest absolute Gasteiger partial charge is 0.384 e. The van der Waals surface area contributed by atoms with Crippen molar-refractivity contribution in [2.75, 3.05) is 30.6 Å². The summed E-state index contributed by atoms with van der Waals surface area (Å²) in [6.45, 7) is -0.0697. The van der Waals surface area contributed by atoms with Crippen LogP contribution in [0, 0.1) is 0 Å². The predicted octanol–water partition coefficient (Wildman–Crippen LogP) is 1.80. The molecule has 0 radical (unpaired) electrons. The van der Waals surface area contributed by atoms with Crippen molar-refractivity contribution in [3.8, 4) is 0 Å². The van der Waals surface area contributed by atoms with E-state index in [-0.39, 0.29) is 29.8 Å².